The fraction of sp³-hybridized carbons (Fsp3) is 0.500. The summed E-state index contributed by atoms with van der Waals surface area (Å²) in [4.78, 5) is 14.5. The molecule has 96 valence electrons. The standard InChI is InChI=1S/C14H19N3O/c18-14(17-8-6-15-7-9-17)12-3-1-2-11-4-5-16-10-13(11)12/h1-3,15-16H,4-10H2. The molecule has 0 radical (unpaired) electrons. The predicted molar refractivity (Wildman–Crippen MR) is 70.6 cm³/mol. The van der Waals surface area contributed by atoms with Gasteiger partial charge in [-0.15, -0.1) is 0 Å². The highest BCUT2D eigenvalue weighted by atomic mass is 16.2. The predicted octanol–water partition coefficient (Wildman–Crippen LogP) is 0.378. The first-order valence-electron chi connectivity index (χ1n) is 6.68. The fourth-order valence-electron chi connectivity index (χ4n) is 2.75. The largest absolute Gasteiger partial charge is 0.336 e. The summed E-state index contributed by atoms with van der Waals surface area (Å²) in [5.41, 5.74) is 3.42. The Morgan fingerprint density at radius 1 is 1.11 bits per heavy atom. The molecular formula is C14H19N3O. The molecule has 1 saturated heterocycles. The maximum Gasteiger partial charge on any atom is 0.254 e. The smallest absolute Gasteiger partial charge is 0.254 e. The van der Waals surface area contributed by atoms with Crippen LogP contribution < -0.4 is 10.6 Å². The minimum Gasteiger partial charge on any atom is -0.336 e. The van der Waals surface area contributed by atoms with Gasteiger partial charge in [-0.05, 0) is 30.2 Å². The van der Waals surface area contributed by atoms with Gasteiger partial charge in [-0.25, -0.2) is 0 Å². The average Bonchev–Trinajstić information content (AvgIpc) is 2.47. The Balaban J connectivity index is 1.89. The first-order valence-corrected chi connectivity index (χ1v) is 6.68. The molecule has 2 N–H and O–H groups in total. The monoisotopic (exact) mass is 245 g/mol. The molecule has 4 nitrogen and oxygen atoms in total. The number of rotatable bonds is 1. The summed E-state index contributed by atoms with van der Waals surface area (Å²) in [5, 5.41) is 6.63. The van der Waals surface area contributed by atoms with E-state index in [1.54, 1.807) is 0 Å². The highest BCUT2D eigenvalue weighted by molar-refractivity contribution is 5.96. The van der Waals surface area contributed by atoms with E-state index in [2.05, 4.69) is 16.7 Å². The normalized spacial score (nSPS) is 19.4. The summed E-state index contributed by atoms with van der Waals surface area (Å²) in [6.07, 6.45) is 1.03. The quantitative estimate of drug-likeness (QED) is 0.752. The number of hydrogen-bond donors (Lipinski definition) is 2. The van der Waals surface area contributed by atoms with Crippen LogP contribution in [0.3, 0.4) is 0 Å². The summed E-state index contributed by atoms with van der Waals surface area (Å²) in [6.45, 7) is 5.27. The Hall–Kier alpha value is -1.39. The molecular weight excluding hydrogens is 226 g/mol. The zero-order chi connectivity index (χ0) is 12.4. The van der Waals surface area contributed by atoms with Crippen LogP contribution in [0.1, 0.15) is 21.5 Å². The van der Waals surface area contributed by atoms with Gasteiger partial charge in [0.25, 0.3) is 5.91 Å². The van der Waals surface area contributed by atoms with Crippen molar-refractivity contribution >= 4 is 5.91 Å². The summed E-state index contributed by atoms with van der Waals surface area (Å²) >= 11 is 0. The number of carbonyl (C=O) groups is 1. The van der Waals surface area contributed by atoms with Gasteiger partial charge in [0.2, 0.25) is 0 Å². The third-order valence-corrected chi connectivity index (χ3v) is 3.78. The molecule has 0 unspecified atom stereocenters. The molecule has 0 aliphatic carbocycles. The van der Waals surface area contributed by atoms with Crippen molar-refractivity contribution in [1.82, 2.24) is 15.5 Å². The van der Waals surface area contributed by atoms with E-state index in [9.17, 15) is 4.79 Å². The van der Waals surface area contributed by atoms with Crippen LogP contribution in [0.15, 0.2) is 18.2 Å². The van der Waals surface area contributed by atoms with Crippen LogP contribution in [0.4, 0.5) is 0 Å². The SMILES string of the molecule is O=C(c1cccc2c1CNCC2)N1CCNCC1. The van der Waals surface area contributed by atoms with Gasteiger partial charge in [-0.1, -0.05) is 12.1 Å². The molecule has 2 aliphatic rings. The van der Waals surface area contributed by atoms with Crippen LogP contribution in [0.25, 0.3) is 0 Å². The van der Waals surface area contributed by atoms with Crippen molar-refractivity contribution in [3.63, 3.8) is 0 Å². The Kier molecular flexibility index (Phi) is 3.30. The van der Waals surface area contributed by atoms with E-state index in [4.69, 9.17) is 0 Å². The van der Waals surface area contributed by atoms with Gasteiger partial charge in [-0.3, -0.25) is 4.79 Å². The molecule has 1 aromatic rings. The van der Waals surface area contributed by atoms with Gasteiger partial charge in [-0.2, -0.15) is 0 Å². The Labute approximate surface area is 107 Å². The van der Waals surface area contributed by atoms with Crippen molar-refractivity contribution in [2.75, 3.05) is 32.7 Å². The second-order valence-electron chi connectivity index (χ2n) is 4.91. The molecule has 2 heterocycles. The second-order valence-corrected chi connectivity index (χ2v) is 4.91. The van der Waals surface area contributed by atoms with Crippen molar-refractivity contribution in [2.24, 2.45) is 0 Å². The van der Waals surface area contributed by atoms with Crippen LogP contribution in [0.5, 0.6) is 0 Å². The van der Waals surface area contributed by atoms with Crippen molar-refractivity contribution in [1.29, 1.82) is 0 Å². The lowest BCUT2D eigenvalue weighted by Gasteiger charge is -2.29. The van der Waals surface area contributed by atoms with Crippen molar-refractivity contribution in [3.05, 3.63) is 34.9 Å². The number of benzene rings is 1. The molecule has 18 heavy (non-hydrogen) atoms. The number of hydrogen-bond acceptors (Lipinski definition) is 3. The van der Waals surface area contributed by atoms with Crippen LogP contribution in [-0.2, 0) is 13.0 Å². The van der Waals surface area contributed by atoms with Gasteiger partial charge in [0.1, 0.15) is 0 Å². The summed E-state index contributed by atoms with van der Waals surface area (Å²) < 4.78 is 0. The number of nitrogens with one attached hydrogen (secondary N) is 2. The Bertz CT molecular complexity index is 452. The molecule has 0 bridgehead atoms. The number of nitrogens with zero attached hydrogens (tertiary/aromatic N) is 1. The first kappa shape index (κ1) is 11.7. The third-order valence-electron chi connectivity index (χ3n) is 3.78. The van der Waals surface area contributed by atoms with Crippen molar-refractivity contribution in [3.8, 4) is 0 Å². The van der Waals surface area contributed by atoms with Gasteiger partial charge < -0.3 is 15.5 Å². The lowest BCUT2D eigenvalue weighted by atomic mass is 9.95. The summed E-state index contributed by atoms with van der Waals surface area (Å²) in [5.74, 6) is 0.192. The number of carbonyl (C=O) groups excluding carboxylic acids is 1. The molecule has 0 spiro atoms. The highest BCUT2D eigenvalue weighted by Crippen LogP contribution is 2.20. The molecule has 0 saturated carbocycles. The first-order chi connectivity index (χ1) is 8.86. The fourth-order valence-corrected chi connectivity index (χ4v) is 2.75. The van der Waals surface area contributed by atoms with E-state index in [0.29, 0.717) is 0 Å². The van der Waals surface area contributed by atoms with Crippen LogP contribution in [0.2, 0.25) is 0 Å². The van der Waals surface area contributed by atoms with Gasteiger partial charge in [0, 0.05) is 38.3 Å². The molecule has 0 atom stereocenters. The lowest BCUT2D eigenvalue weighted by molar-refractivity contribution is 0.0734. The zero-order valence-electron chi connectivity index (χ0n) is 10.5. The molecule has 1 fully saturated rings. The van der Waals surface area contributed by atoms with E-state index in [1.165, 1.54) is 11.1 Å². The maximum absolute atomic E-state index is 12.5. The molecule has 4 heteroatoms. The van der Waals surface area contributed by atoms with Crippen LogP contribution in [0, 0.1) is 0 Å². The van der Waals surface area contributed by atoms with E-state index < -0.39 is 0 Å². The highest BCUT2D eigenvalue weighted by Gasteiger charge is 2.22. The van der Waals surface area contributed by atoms with Crippen molar-refractivity contribution < 1.29 is 4.79 Å². The second kappa shape index (κ2) is 5.08. The maximum atomic E-state index is 12.5. The Morgan fingerprint density at radius 3 is 2.78 bits per heavy atom. The van der Waals surface area contributed by atoms with E-state index in [1.807, 2.05) is 17.0 Å². The summed E-state index contributed by atoms with van der Waals surface area (Å²) in [7, 11) is 0. The van der Waals surface area contributed by atoms with Crippen LogP contribution >= 0.6 is 0 Å². The molecule has 1 amide bonds. The number of fused-ring (bicyclic) bond motifs is 1. The third kappa shape index (κ3) is 2.13. The molecule has 0 aromatic heterocycles. The van der Waals surface area contributed by atoms with Crippen LogP contribution in [-0.4, -0.2) is 43.5 Å². The zero-order valence-corrected chi connectivity index (χ0v) is 10.5. The van der Waals surface area contributed by atoms with E-state index >= 15 is 0 Å². The minimum atomic E-state index is 0.192. The van der Waals surface area contributed by atoms with E-state index in [0.717, 1.165) is 51.3 Å². The molecule has 3 rings (SSSR count). The van der Waals surface area contributed by atoms with Gasteiger partial charge >= 0.3 is 0 Å². The minimum absolute atomic E-state index is 0.192. The Morgan fingerprint density at radius 2 is 1.94 bits per heavy atom. The number of amides is 1. The molecule has 1 aromatic carbocycles. The topological polar surface area (TPSA) is 44.4 Å². The lowest BCUT2D eigenvalue weighted by Crippen LogP contribution is -2.46. The molecule has 2 aliphatic heterocycles. The average molecular weight is 245 g/mol. The van der Waals surface area contributed by atoms with Gasteiger partial charge in [0.15, 0.2) is 0 Å². The van der Waals surface area contributed by atoms with E-state index in [-0.39, 0.29) is 5.91 Å². The number of piperazine rings is 1. The summed E-state index contributed by atoms with van der Waals surface area (Å²) in [6, 6.07) is 6.13. The van der Waals surface area contributed by atoms with Crippen molar-refractivity contribution in [2.45, 2.75) is 13.0 Å². The van der Waals surface area contributed by atoms with Gasteiger partial charge in [0.05, 0.1) is 0 Å².